The predicted molar refractivity (Wildman–Crippen MR) is 134 cm³/mol. The van der Waals surface area contributed by atoms with E-state index < -0.39 is 0 Å². The maximum Gasteiger partial charge on any atom is 0.245 e. The highest BCUT2D eigenvalue weighted by Gasteiger charge is 2.34. The third-order valence-corrected chi connectivity index (χ3v) is 7.62. The molecule has 0 unspecified atom stereocenters. The van der Waals surface area contributed by atoms with E-state index in [2.05, 4.69) is 35.7 Å². The van der Waals surface area contributed by atoms with Crippen molar-refractivity contribution in [3.63, 3.8) is 0 Å². The third kappa shape index (κ3) is 3.52. The van der Waals surface area contributed by atoms with Gasteiger partial charge in [0.25, 0.3) is 0 Å². The number of ether oxygens (including phenoxy) is 2. The number of carbonyl (C=O) groups excluding carboxylic acids is 1. The number of hydrogen-bond donors (Lipinski definition) is 1. The van der Waals surface area contributed by atoms with Gasteiger partial charge in [0.15, 0.2) is 5.82 Å². The molecule has 0 radical (unpaired) electrons. The van der Waals surface area contributed by atoms with Crippen LogP contribution in [0.4, 0.5) is 5.82 Å². The number of amides is 1. The highest BCUT2D eigenvalue weighted by Crippen LogP contribution is 2.46. The van der Waals surface area contributed by atoms with E-state index in [0.717, 1.165) is 55.0 Å². The van der Waals surface area contributed by atoms with Crippen molar-refractivity contribution in [2.75, 3.05) is 33.0 Å². The maximum atomic E-state index is 12.3. The van der Waals surface area contributed by atoms with Crippen molar-refractivity contribution in [2.45, 2.75) is 25.9 Å². The van der Waals surface area contributed by atoms with E-state index in [1.165, 1.54) is 12.4 Å². The summed E-state index contributed by atoms with van der Waals surface area (Å²) in [6.07, 6.45) is 3.67. The average molecular weight is 478 g/mol. The second kappa shape index (κ2) is 8.73. The lowest BCUT2D eigenvalue weighted by atomic mass is 9.98. The minimum Gasteiger partial charge on any atom is -0.495 e. The van der Waals surface area contributed by atoms with Crippen LogP contribution >= 0.6 is 11.3 Å². The van der Waals surface area contributed by atoms with Crippen molar-refractivity contribution in [3.8, 4) is 16.2 Å². The van der Waals surface area contributed by atoms with Crippen molar-refractivity contribution >= 4 is 38.7 Å². The molecule has 1 saturated heterocycles. The molecule has 2 N–H and O–H groups in total. The Balaban J connectivity index is 1.76. The molecule has 1 fully saturated rings. The Hall–Kier alpha value is -3.43. The standard InChI is InChI=1S/C25H27N5O3S/c1-5-20(31)29-7-6-15(11-29)22-17(12-32-3)21(23-25(26)27-13-28-30(22)23)19-10-16-8-14(2)9-18(33-4)24(16)34-19/h5,8-10,13,15H,1,6-7,11-12H2,2-4H3,(H2,26,27,28)/t15-/m0/s1. The normalized spacial score (nSPS) is 16.0. The molecule has 4 aromatic rings. The van der Waals surface area contributed by atoms with Gasteiger partial charge in [0.05, 0.1) is 24.1 Å². The van der Waals surface area contributed by atoms with Gasteiger partial charge in [-0.2, -0.15) is 5.10 Å². The SMILES string of the molecule is C=CC(=O)N1CC[C@H](c2c(COC)c(-c3cc4cc(C)cc(OC)c4s3)c3c(N)ncnn23)C1. The molecule has 0 saturated carbocycles. The first-order chi connectivity index (χ1) is 16.5. The van der Waals surface area contributed by atoms with Crippen LogP contribution in [0.3, 0.4) is 0 Å². The number of nitrogens with zero attached hydrogens (tertiary/aromatic N) is 4. The summed E-state index contributed by atoms with van der Waals surface area (Å²) in [6, 6.07) is 6.37. The lowest BCUT2D eigenvalue weighted by molar-refractivity contribution is -0.125. The Labute approximate surface area is 201 Å². The summed E-state index contributed by atoms with van der Waals surface area (Å²) in [6.45, 7) is 7.35. The monoisotopic (exact) mass is 477 g/mol. The van der Waals surface area contributed by atoms with E-state index in [1.54, 1.807) is 25.6 Å². The molecule has 0 aliphatic carbocycles. The summed E-state index contributed by atoms with van der Waals surface area (Å²) in [7, 11) is 3.38. The Morgan fingerprint density at radius 2 is 2.18 bits per heavy atom. The molecule has 34 heavy (non-hydrogen) atoms. The van der Waals surface area contributed by atoms with E-state index in [4.69, 9.17) is 15.2 Å². The minimum absolute atomic E-state index is 0.0574. The van der Waals surface area contributed by atoms with Crippen LogP contribution in [0.5, 0.6) is 5.75 Å². The summed E-state index contributed by atoms with van der Waals surface area (Å²) < 4.78 is 14.3. The fraction of sp³-hybridized carbons (Fsp3) is 0.320. The quantitative estimate of drug-likeness (QED) is 0.419. The number of methoxy groups -OCH3 is 2. The van der Waals surface area contributed by atoms with Crippen molar-refractivity contribution < 1.29 is 14.3 Å². The molecule has 1 atom stereocenters. The number of aromatic nitrogens is 3. The van der Waals surface area contributed by atoms with Gasteiger partial charge in [-0.3, -0.25) is 4.79 Å². The number of nitrogens with two attached hydrogens (primary N) is 1. The number of benzene rings is 1. The summed E-state index contributed by atoms with van der Waals surface area (Å²) in [5, 5.41) is 5.71. The van der Waals surface area contributed by atoms with Gasteiger partial charge in [-0.25, -0.2) is 9.50 Å². The molecule has 8 nitrogen and oxygen atoms in total. The number of anilines is 1. The maximum absolute atomic E-state index is 12.3. The van der Waals surface area contributed by atoms with Gasteiger partial charge in [-0.15, -0.1) is 11.3 Å². The van der Waals surface area contributed by atoms with Gasteiger partial charge in [-0.1, -0.05) is 12.6 Å². The molecular weight excluding hydrogens is 450 g/mol. The molecule has 5 rings (SSSR count). The van der Waals surface area contributed by atoms with Gasteiger partial charge in [0, 0.05) is 42.1 Å². The summed E-state index contributed by atoms with van der Waals surface area (Å²) >= 11 is 1.66. The fourth-order valence-corrected chi connectivity index (χ4v) is 6.22. The molecule has 9 heteroatoms. The second-order valence-corrected chi connectivity index (χ2v) is 9.60. The fourth-order valence-electron chi connectivity index (χ4n) is 5.01. The largest absolute Gasteiger partial charge is 0.495 e. The number of carbonyl (C=O) groups is 1. The average Bonchev–Trinajstić information content (AvgIpc) is 3.54. The summed E-state index contributed by atoms with van der Waals surface area (Å²) in [5.41, 5.74) is 11.3. The first-order valence-electron chi connectivity index (χ1n) is 11.1. The first-order valence-corrected chi connectivity index (χ1v) is 11.9. The number of likely N-dealkylation sites (tertiary alicyclic amines) is 1. The topological polar surface area (TPSA) is 95.0 Å². The van der Waals surface area contributed by atoms with Crippen molar-refractivity contribution in [3.05, 3.63) is 54.0 Å². The lowest BCUT2D eigenvalue weighted by Gasteiger charge is -2.15. The van der Waals surface area contributed by atoms with Gasteiger partial charge in [-0.05, 0) is 42.5 Å². The van der Waals surface area contributed by atoms with Crippen LogP contribution in [0.15, 0.2) is 37.2 Å². The highest BCUT2D eigenvalue weighted by molar-refractivity contribution is 7.22. The van der Waals surface area contributed by atoms with Gasteiger partial charge < -0.3 is 20.1 Å². The first kappa shape index (κ1) is 22.4. The molecule has 3 aromatic heterocycles. The summed E-state index contributed by atoms with van der Waals surface area (Å²) in [4.78, 5) is 19.4. The number of nitrogen functional groups attached to an aromatic ring is 1. The molecule has 0 bridgehead atoms. The molecule has 0 spiro atoms. The van der Waals surface area contributed by atoms with E-state index in [9.17, 15) is 4.79 Å². The smallest absolute Gasteiger partial charge is 0.245 e. The van der Waals surface area contributed by atoms with Gasteiger partial charge in [0.2, 0.25) is 5.91 Å². The van der Waals surface area contributed by atoms with E-state index in [-0.39, 0.29) is 11.8 Å². The molecular formula is C25H27N5O3S. The molecule has 1 aliphatic heterocycles. The van der Waals surface area contributed by atoms with Crippen LogP contribution in [0.2, 0.25) is 0 Å². The van der Waals surface area contributed by atoms with Crippen LogP contribution < -0.4 is 10.5 Å². The Kier molecular flexibility index (Phi) is 5.75. The molecule has 1 aromatic carbocycles. The summed E-state index contributed by atoms with van der Waals surface area (Å²) in [5.74, 6) is 1.29. The Bertz CT molecular complexity index is 1420. The number of rotatable bonds is 6. The zero-order chi connectivity index (χ0) is 24.0. The van der Waals surface area contributed by atoms with Gasteiger partial charge in [0.1, 0.15) is 17.6 Å². The number of hydrogen-bond acceptors (Lipinski definition) is 7. The van der Waals surface area contributed by atoms with Crippen molar-refractivity contribution in [1.29, 1.82) is 0 Å². The van der Waals surface area contributed by atoms with Crippen molar-refractivity contribution in [1.82, 2.24) is 19.5 Å². The molecule has 4 heterocycles. The van der Waals surface area contributed by atoms with E-state index in [0.29, 0.717) is 25.5 Å². The van der Waals surface area contributed by atoms with Crippen LogP contribution in [-0.4, -0.2) is 52.7 Å². The molecule has 1 amide bonds. The van der Waals surface area contributed by atoms with Crippen LogP contribution in [0.1, 0.15) is 29.2 Å². The number of aryl methyl sites for hydroxylation is 1. The van der Waals surface area contributed by atoms with Gasteiger partial charge >= 0.3 is 0 Å². The zero-order valence-corrected chi connectivity index (χ0v) is 20.3. The lowest BCUT2D eigenvalue weighted by Crippen LogP contribution is -2.26. The van der Waals surface area contributed by atoms with Crippen LogP contribution in [0, 0.1) is 6.92 Å². The second-order valence-electron chi connectivity index (χ2n) is 8.55. The van der Waals surface area contributed by atoms with E-state index in [1.807, 2.05) is 15.5 Å². The zero-order valence-electron chi connectivity index (χ0n) is 19.5. The Morgan fingerprint density at radius 3 is 2.91 bits per heavy atom. The number of fused-ring (bicyclic) bond motifs is 2. The molecule has 1 aliphatic rings. The number of thiophene rings is 1. The predicted octanol–water partition coefficient (Wildman–Crippen LogP) is 4.16. The van der Waals surface area contributed by atoms with Crippen LogP contribution in [-0.2, 0) is 16.1 Å². The van der Waals surface area contributed by atoms with E-state index >= 15 is 0 Å². The molecule has 176 valence electrons. The van der Waals surface area contributed by atoms with Crippen molar-refractivity contribution in [2.24, 2.45) is 0 Å². The minimum atomic E-state index is -0.0574. The third-order valence-electron chi connectivity index (χ3n) is 6.44. The Morgan fingerprint density at radius 1 is 1.35 bits per heavy atom. The highest BCUT2D eigenvalue weighted by atomic mass is 32.1. The van der Waals surface area contributed by atoms with Crippen LogP contribution in [0.25, 0.3) is 26.0 Å².